The Kier molecular flexibility index (Phi) is 6.34. The molecule has 1 N–H and O–H groups in total. The van der Waals surface area contributed by atoms with Crippen molar-refractivity contribution in [2.75, 3.05) is 11.1 Å². The molecule has 0 aliphatic carbocycles. The van der Waals surface area contributed by atoms with Crippen LogP contribution in [0.1, 0.15) is 16.3 Å². The van der Waals surface area contributed by atoms with Crippen molar-refractivity contribution in [1.82, 2.24) is 15.2 Å². The number of nitrogens with zero attached hydrogens (tertiary/aromatic N) is 3. The van der Waals surface area contributed by atoms with Gasteiger partial charge in [-0.1, -0.05) is 29.5 Å². The van der Waals surface area contributed by atoms with E-state index in [-0.39, 0.29) is 11.7 Å². The van der Waals surface area contributed by atoms with E-state index >= 15 is 0 Å². The average Bonchev–Trinajstić information content (AvgIpc) is 3.35. The summed E-state index contributed by atoms with van der Waals surface area (Å²) in [7, 11) is 0. The van der Waals surface area contributed by atoms with Gasteiger partial charge in [0.2, 0.25) is 5.91 Å². The van der Waals surface area contributed by atoms with Crippen LogP contribution < -0.4 is 10.1 Å². The molecule has 0 bridgehead atoms. The molecule has 2 aromatic carbocycles. The largest absolute Gasteiger partial charge is 0.457 e. The standard InChI is InChI=1S/C22H20N4O3S2/c1-13-4-8-17(9-5-13)28-18-10-6-16(7-11-18)24-19(27)12-30-22-26-25-21(29-22)20-14(2)23-15(3)31-20/h4-11H,12H2,1-3H3,(H,24,27). The second-order valence-electron chi connectivity index (χ2n) is 6.80. The molecule has 158 valence electrons. The Hall–Kier alpha value is -3.17. The third-order valence-electron chi connectivity index (χ3n) is 4.23. The third kappa shape index (κ3) is 5.50. The molecule has 0 atom stereocenters. The van der Waals surface area contributed by atoms with E-state index in [1.807, 2.05) is 57.2 Å². The lowest BCUT2D eigenvalue weighted by molar-refractivity contribution is -0.113. The van der Waals surface area contributed by atoms with Crippen molar-refractivity contribution in [2.45, 2.75) is 26.0 Å². The summed E-state index contributed by atoms with van der Waals surface area (Å²) in [6.07, 6.45) is 0. The number of hydrogen-bond acceptors (Lipinski definition) is 8. The molecule has 0 fully saturated rings. The van der Waals surface area contributed by atoms with Gasteiger partial charge in [-0.25, -0.2) is 4.98 Å². The molecule has 2 heterocycles. The third-order valence-corrected chi connectivity index (χ3v) is 6.11. The zero-order valence-corrected chi connectivity index (χ0v) is 18.8. The maximum Gasteiger partial charge on any atom is 0.277 e. The first-order valence-corrected chi connectivity index (χ1v) is 11.3. The molecule has 4 rings (SSSR count). The maximum absolute atomic E-state index is 12.3. The molecule has 2 aromatic heterocycles. The molecule has 4 aromatic rings. The molecule has 0 aliphatic heterocycles. The highest BCUT2D eigenvalue weighted by Crippen LogP contribution is 2.30. The summed E-state index contributed by atoms with van der Waals surface area (Å²) in [4.78, 5) is 17.5. The Morgan fingerprint density at radius 1 is 1.03 bits per heavy atom. The van der Waals surface area contributed by atoms with Crippen LogP contribution in [-0.4, -0.2) is 26.8 Å². The van der Waals surface area contributed by atoms with Gasteiger partial charge in [0.25, 0.3) is 11.1 Å². The Morgan fingerprint density at radius 3 is 2.35 bits per heavy atom. The van der Waals surface area contributed by atoms with E-state index in [4.69, 9.17) is 9.15 Å². The second-order valence-corrected chi connectivity index (χ2v) is 8.93. The van der Waals surface area contributed by atoms with Gasteiger partial charge in [0.1, 0.15) is 16.4 Å². The van der Waals surface area contributed by atoms with Gasteiger partial charge in [-0.05, 0) is 57.2 Å². The monoisotopic (exact) mass is 452 g/mol. The van der Waals surface area contributed by atoms with Crippen LogP contribution in [0.25, 0.3) is 10.8 Å². The first-order chi connectivity index (χ1) is 15.0. The van der Waals surface area contributed by atoms with Crippen molar-refractivity contribution >= 4 is 34.7 Å². The van der Waals surface area contributed by atoms with Crippen LogP contribution in [-0.2, 0) is 4.79 Å². The van der Waals surface area contributed by atoms with Gasteiger partial charge in [-0.2, -0.15) is 0 Å². The number of carbonyl (C=O) groups is 1. The number of aryl methyl sites for hydroxylation is 3. The minimum atomic E-state index is -0.165. The molecular weight excluding hydrogens is 432 g/mol. The zero-order valence-electron chi connectivity index (χ0n) is 17.2. The van der Waals surface area contributed by atoms with Crippen molar-refractivity contribution in [2.24, 2.45) is 0 Å². The lowest BCUT2D eigenvalue weighted by Crippen LogP contribution is -2.13. The summed E-state index contributed by atoms with van der Waals surface area (Å²) in [5.74, 6) is 1.88. The summed E-state index contributed by atoms with van der Waals surface area (Å²) in [5, 5.41) is 12.2. The number of benzene rings is 2. The maximum atomic E-state index is 12.3. The molecule has 0 saturated carbocycles. The number of rotatable bonds is 7. The summed E-state index contributed by atoms with van der Waals surface area (Å²) >= 11 is 2.69. The predicted octanol–water partition coefficient (Wildman–Crippen LogP) is 5.64. The highest BCUT2D eigenvalue weighted by atomic mass is 32.2. The summed E-state index contributed by atoms with van der Waals surface area (Å²) < 4.78 is 11.5. The predicted molar refractivity (Wildman–Crippen MR) is 122 cm³/mol. The van der Waals surface area contributed by atoms with Gasteiger partial charge in [0.15, 0.2) is 0 Å². The van der Waals surface area contributed by atoms with E-state index in [9.17, 15) is 4.79 Å². The molecule has 0 saturated heterocycles. The number of hydrogen-bond donors (Lipinski definition) is 1. The first kappa shape index (κ1) is 21.1. The van der Waals surface area contributed by atoms with E-state index in [0.717, 1.165) is 21.3 Å². The van der Waals surface area contributed by atoms with Crippen molar-refractivity contribution in [1.29, 1.82) is 0 Å². The smallest absolute Gasteiger partial charge is 0.277 e. The summed E-state index contributed by atoms with van der Waals surface area (Å²) in [5.41, 5.74) is 2.72. The van der Waals surface area contributed by atoms with Gasteiger partial charge in [-0.15, -0.1) is 21.5 Å². The summed E-state index contributed by atoms with van der Waals surface area (Å²) in [6.45, 7) is 5.86. The van der Waals surface area contributed by atoms with Crippen molar-refractivity contribution < 1.29 is 13.9 Å². The Balaban J connectivity index is 1.29. The number of thiazole rings is 1. The fraction of sp³-hybridized carbons (Fsp3) is 0.182. The Labute approximate surface area is 187 Å². The lowest BCUT2D eigenvalue weighted by Gasteiger charge is -2.08. The van der Waals surface area contributed by atoms with Crippen LogP contribution >= 0.6 is 23.1 Å². The first-order valence-electron chi connectivity index (χ1n) is 9.51. The van der Waals surface area contributed by atoms with E-state index in [2.05, 4.69) is 20.5 Å². The van der Waals surface area contributed by atoms with Crippen LogP contribution in [0.5, 0.6) is 11.5 Å². The number of anilines is 1. The quantitative estimate of drug-likeness (QED) is 0.363. The molecule has 0 spiro atoms. The van der Waals surface area contributed by atoms with Gasteiger partial charge in [0, 0.05) is 5.69 Å². The SMILES string of the molecule is Cc1ccc(Oc2ccc(NC(=O)CSc3nnc(-c4sc(C)nc4C)o3)cc2)cc1. The normalized spacial score (nSPS) is 10.8. The minimum absolute atomic E-state index is 0.157. The van der Waals surface area contributed by atoms with Crippen LogP contribution in [0.15, 0.2) is 58.2 Å². The van der Waals surface area contributed by atoms with Gasteiger partial charge < -0.3 is 14.5 Å². The fourth-order valence-corrected chi connectivity index (χ4v) is 4.17. The van der Waals surface area contributed by atoms with Crippen LogP contribution in [0.4, 0.5) is 5.69 Å². The fourth-order valence-electron chi connectivity index (χ4n) is 2.76. The van der Waals surface area contributed by atoms with Crippen LogP contribution in [0.2, 0.25) is 0 Å². The van der Waals surface area contributed by atoms with Gasteiger partial charge in [-0.3, -0.25) is 4.79 Å². The number of amides is 1. The van der Waals surface area contributed by atoms with E-state index in [0.29, 0.717) is 22.6 Å². The number of carbonyl (C=O) groups excluding carboxylic acids is 1. The number of ether oxygens (including phenoxy) is 1. The van der Waals surface area contributed by atoms with Crippen molar-refractivity contribution in [3.8, 4) is 22.3 Å². The lowest BCUT2D eigenvalue weighted by atomic mass is 10.2. The zero-order chi connectivity index (χ0) is 21.8. The minimum Gasteiger partial charge on any atom is -0.457 e. The van der Waals surface area contributed by atoms with Crippen molar-refractivity contribution in [3.63, 3.8) is 0 Å². The van der Waals surface area contributed by atoms with E-state index < -0.39 is 0 Å². The van der Waals surface area contributed by atoms with Crippen molar-refractivity contribution in [3.05, 3.63) is 64.8 Å². The van der Waals surface area contributed by atoms with Crippen LogP contribution in [0, 0.1) is 20.8 Å². The molecular formula is C22H20N4O3S2. The Bertz CT molecular complexity index is 1180. The molecule has 9 heteroatoms. The molecule has 0 aliphatic rings. The van der Waals surface area contributed by atoms with Gasteiger partial charge >= 0.3 is 0 Å². The van der Waals surface area contributed by atoms with E-state index in [1.165, 1.54) is 28.7 Å². The summed E-state index contributed by atoms with van der Waals surface area (Å²) in [6, 6.07) is 15.0. The molecule has 1 amide bonds. The molecule has 31 heavy (non-hydrogen) atoms. The second kappa shape index (κ2) is 9.32. The highest BCUT2D eigenvalue weighted by Gasteiger charge is 2.16. The van der Waals surface area contributed by atoms with Gasteiger partial charge in [0.05, 0.1) is 16.5 Å². The Morgan fingerprint density at radius 2 is 1.71 bits per heavy atom. The van der Waals surface area contributed by atoms with E-state index in [1.54, 1.807) is 12.1 Å². The number of aromatic nitrogens is 3. The topological polar surface area (TPSA) is 90.1 Å². The van der Waals surface area contributed by atoms with Crippen LogP contribution in [0.3, 0.4) is 0 Å². The molecule has 0 radical (unpaired) electrons. The number of nitrogens with one attached hydrogen (secondary N) is 1. The molecule has 0 unspecified atom stereocenters. The average molecular weight is 453 g/mol. The molecule has 7 nitrogen and oxygen atoms in total. The highest BCUT2D eigenvalue weighted by molar-refractivity contribution is 7.99. The number of thioether (sulfide) groups is 1.